The second-order valence-corrected chi connectivity index (χ2v) is 7.23. The average Bonchev–Trinajstić information content (AvgIpc) is 2.50. The Morgan fingerprint density at radius 2 is 2.00 bits per heavy atom. The summed E-state index contributed by atoms with van der Waals surface area (Å²) in [5, 5.41) is 10.5. The lowest BCUT2D eigenvalue weighted by Crippen LogP contribution is -2.51. The van der Waals surface area contributed by atoms with Gasteiger partial charge in [0.05, 0.1) is 6.10 Å². The topological polar surface area (TPSA) is 37.3 Å². The van der Waals surface area contributed by atoms with E-state index >= 15 is 0 Å². The molecule has 0 aromatic heterocycles. The van der Waals surface area contributed by atoms with Gasteiger partial charge in [-0.15, -0.1) is 0 Å². The highest BCUT2D eigenvalue weighted by atomic mass is 19.2. The molecule has 1 N–H and O–H groups in total. The third-order valence-corrected chi connectivity index (χ3v) is 5.79. The van der Waals surface area contributed by atoms with Crippen LogP contribution < -0.4 is 0 Å². The van der Waals surface area contributed by atoms with Gasteiger partial charge in [0, 0.05) is 11.3 Å². The first-order chi connectivity index (χ1) is 10.8. The maximum atomic E-state index is 13.4. The predicted octanol–water partition coefficient (Wildman–Crippen LogP) is 4.12. The summed E-state index contributed by atoms with van der Waals surface area (Å²) in [6.07, 6.45) is 4.36. The van der Waals surface area contributed by atoms with Crippen LogP contribution in [-0.2, 0) is 4.79 Å². The van der Waals surface area contributed by atoms with Crippen molar-refractivity contribution in [3.05, 3.63) is 41.0 Å². The summed E-state index contributed by atoms with van der Waals surface area (Å²) in [6.45, 7) is 3.96. The molecule has 2 nitrogen and oxygen atoms in total. The monoisotopic (exact) mass is 320 g/mol. The molecule has 2 saturated carbocycles. The molecule has 4 atom stereocenters. The van der Waals surface area contributed by atoms with E-state index in [2.05, 4.69) is 0 Å². The van der Waals surface area contributed by atoms with Crippen molar-refractivity contribution in [2.24, 2.45) is 17.3 Å². The van der Waals surface area contributed by atoms with Gasteiger partial charge in [0.15, 0.2) is 17.4 Å². The quantitative estimate of drug-likeness (QED) is 0.790. The molecule has 23 heavy (non-hydrogen) atoms. The number of benzene rings is 1. The normalized spacial score (nSPS) is 36.1. The number of rotatable bonds is 1. The Bertz CT molecular complexity index is 667. The van der Waals surface area contributed by atoms with Crippen molar-refractivity contribution in [1.82, 2.24) is 0 Å². The minimum absolute atomic E-state index is 0.0614. The standard InChI is InChI=1S/C19H22F2O2/c1-11-14-4-3-5-17(22)19(14,2)10-13(18(11)23)8-12-6-7-15(20)16(21)9-12/h6-9,11,14,17,22H,3-5,10H2,1-2H3/b13-8-/t11?,14?,17-,19-/m0/s1. The van der Waals surface area contributed by atoms with E-state index in [1.54, 1.807) is 6.08 Å². The minimum Gasteiger partial charge on any atom is -0.393 e. The Hall–Kier alpha value is -1.55. The van der Waals surface area contributed by atoms with Crippen LogP contribution in [0.3, 0.4) is 0 Å². The first-order valence-corrected chi connectivity index (χ1v) is 8.21. The fourth-order valence-electron chi connectivity index (χ4n) is 4.41. The van der Waals surface area contributed by atoms with E-state index in [9.17, 15) is 18.7 Å². The molecule has 124 valence electrons. The van der Waals surface area contributed by atoms with Crippen LogP contribution in [-0.4, -0.2) is 17.0 Å². The van der Waals surface area contributed by atoms with Crippen molar-refractivity contribution in [2.45, 2.75) is 45.6 Å². The smallest absolute Gasteiger partial charge is 0.161 e. The van der Waals surface area contributed by atoms with Gasteiger partial charge in [-0.2, -0.15) is 0 Å². The lowest BCUT2D eigenvalue weighted by Gasteiger charge is -2.51. The van der Waals surface area contributed by atoms with Crippen molar-refractivity contribution < 1.29 is 18.7 Å². The molecule has 3 rings (SSSR count). The zero-order chi connectivity index (χ0) is 16.8. The molecule has 2 aliphatic rings. The number of aliphatic hydroxyl groups excluding tert-OH is 1. The zero-order valence-electron chi connectivity index (χ0n) is 13.5. The molecule has 4 heteroatoms. The minimum atomic E-state index is -0.919. The van der Waals surface area contributed by atoms with Gasteiger partial charge in [-0.3, -0.25) is 4.79 Å². The Kier molecular flexibility index (Phi) is 4.13. The van der Waals surface area contributed by atoms with E-state index in [0.717, 1.165) is 31.4 Å². The van der Waals surface area contributed by atoms with Gasteiger partial charge in [-0.1, -0.05) is 26.3 Å². The number of hydrogen-bond acceptors (Lipinski definition) is 2. The number of hydrogen-bond donors (Lipinski definition) is 1. The summed E-state index contributed by atoms with van der Waals surface area (Å²) < 4.78 is 26.4. The van der Waals surface area contributed by atoms with Crippen LogP contribution in [0, 0.1) is 28.9 Å². The lowest BCUT2D eigenvalue weighted by atomic mass is 9.54. The molecule has 2 fully saturated rings. The number of fused-ring (bicyclic) bond motifs is 1. The molecule has 0 spiro atoms. The number of aliphatic hydroxyl groups is 1. The molecule has 1 aromatic rings. The third kappa shape index (κ3) is 2.74. The second-order valence-electron chi connectivity index (χ2n) is 7.23. The third-order valence-electron chi connectivity index (χ3n) is 5.79. The summed E-state index contributed by atoms with van der Waals surface area (Å²) in [7, 11) is 0. The number of ketones is 1. The highest BCUT2D eigenvalue weighted by Gasteiger charge is 2.51. The summed E-state index contributed by atoms with van der Waals surface area (Å²) >= 11 is 0. The number of carbonyl (C=O) groups is 1. The molecule has 0 bridgehead atoms. The Morgan fingerprint density at radius 3 is 2.70 bits per heavy atom. The molecule has 0 heterocycles. The Labute approximate surface area is 135 Å². The molecular weight excluding hydrogens is 298 g/mol. The lowest BCUT2D eigenvalue weighted by molar-refractivity contribution is -0.133. The van der Waals surface area contributed by atoms with Gasteiger partial charge < -0.3 is 5.11 Å². The SMILES string of the molecule is CC1C(=O)/C(=C\c2ccc(F)c(F)c2)C[C@@]2(C)C1CCC[C@@H]2O. The van der Waals surface area contributed by atoms with Crippen LogP contribution in [0.2, 0.25) is 0 Å². The zero-order valence-corrected chi connectivity index (χ0v) is 13.5. The average molecular weight is 320 g/mol. The van der Waals surface area contributed by atoms with Crippen LogP contribution in [0.5, 0.6) is 0 Å². The van der Waals surface area contributed by atoms with Crippen molar-refractivity contribution >= 4 is 11.9 Å². The van der Waals surface area contributed by atoms with E-state index in [-0.39, 0.29) is 23.0 Å². The van der Waals surface area contributed by atoms with Crippen molar-refractivity contribution in [1.29, 1.82) is 0 Å². The summed E-state index contributed by atoms with van der Waals surface area (Å²) in [5.74, 6) is -1.73. The second kappa shape index (κ2) is 5.82. The molecular formula is C19H22F2O2. The molecule has 1 aromatic carbocycles. The fourth-order valence-corrected chi connectivity index (χ4v) is 4.41. The van der Waals surface area contributed by atoms with Gasteiger partial charge in [-0.05, 0) is 54.5 Å². The van der Waals surface area contributed by atoms with E-state index < -0.39 is 17.7 Å². The van der Waals surface area contributed by atoms with Crippen LogP contribution >= 0.6 is 0 Å². The maximum Gasteiger partial charge on any atom is 0.161 e. The van der Waals surface area contributed by atoms with Crippen LogP contribution in [0.4, 0.5) is 8.78 Å². The largest absolute Gasteiger partial charge is 0.393 e. The van der Waals surface area contributed by atoms with Crippen molar-refractivity contribution in [2.75, 3.05) is 0 Å². The molecule has 0 radical (unpaired) electrons. The van der Waals surface area contributed by atoms with E-state index in [4.69, 9.17) is 0 Å². The summed E-state index contributed by atoms with van der Waals surface area (Å²) in [6, 6.07) is 3.64. The van der Waals surface area contributed by atoms with Crippen LogP contribution in [0.25, 0.3) is 6.08 Å². The van der Waals surface area contributed by atoms with E-state index in [1.807, 2.05) is 13.8 Å². The van der Waals surface area contributed by atoms with Crippen molar-refractivity contribution in [3.63, 3.8) is 0 Å². The first-order valence-electron chi connectivity index (χ1n) is 8.21. The van der Waals surface area contributed by atoms with Crippen LogP contribution in [0.1, 0.15) is 45.1 Å². The highest BCUT2D eigenvalue weighted by Crippen LogP contribution is 2.53. The van der Waals surface area contributed by atoms with E-state index in [1.165, 1.54) is 6.07 Å². The number of allylic oxidation sites excluding steroid dienone is 1. The summed E-state index contributed by atoms with van der Waals surface area (Å²) in [4.78, 5) is 12.7. The van der Waals surface area contributed by atoms with Gasteiger partial charge in [0.1, 0.15) is 0 Å². The van der Waals surface area contributed by atoms with Crippen molar-refractivity contribution in [3.8, 4) is 0 Å². The molecule has 2 unspecified atom stereocenters. The molecule has 2 aliphatic carbocycles. The Morgan fingerprint density at radius 1 is 1.26 bits per heavy atom. The number of carbonyl (C=O) groups excluding carboxylic acids is 1. The summed E-state index contributed by atoms with van der Waals surface area (Å²) in [5.41, 5.74) is 0.755. The van der Waals surface area contributed by atoms with E-state index in [0.29, 0.717) is 17.6 Å². The Balaban J connectivity index is 1.97. The van der Waals surface area contributed by atoms with Gasteiger partial charge in [0.25, 0.3) is 0 Å². The highest BCUT2D eigenvalue weighted by molar-refractivity contribution is 6.02. The van der Waals surface area contributed by atoms with Crippen LogP contribution in [0.15, 0.2) is 23.8 Å². The molecule has 0 saturated heterocycles. The van der Waals surface area contributed by atoms with Gasteiger partial charge in [0.2, 0.25) is 0 Å². The fraction of sp³-hybridized carbons (Fsp3) is 0.526. The number of Topliss-reactive ketones (excluding diaryl/α,β-unsaturated/α-hetero) is 1. The molecule has 0 amide bonds. The number of halogens is 2. The predicted molar refractivity (Wildman–Crippen MR) is 84.6 cm³/mol. The first kappa shape index (κ1) is 16.3. The van der Waals surface area contributed by atoms with Gasteiger partial charge in [-0.25, -0.2) is 8.78 Å². The maximum absolute atomic E-state index is 13.4. The molecule has 0 aliphatic heterocycles. The van der Waals surface area contributed by atoms with Gasteiger partial charge >= 0.3 is 0 Å².